The summed E-state index contributed by atoms with van der Waals surface area (Å²) in [6, 6.07) is 7.73. The van der Waals surface area contributed by atoms with Crippen LogP contribution in [0.5, 0.6) is 5.75 Å². The van der Waals surface area contributed by atoms with Gasteiger partial charge in [-0.1, -0.05) is 13.0 Å². The Hall–Kier alpha value is -2.30. The number of nitrogens with zero attached hydrogens (tertiary/aromatic N) is 1. The van der Waals surface area contributed by atoms with Gasteiger partial charge >= 0.3 is 5.97 Å². The number of hydrogen-bond donors (Lipinski definition) is 2. The maximum atomic E-state index is 10.7. The number of aliphatic carboxylic acids is 1. The quantitative estimate of drug-likeness (QED) is 0.847. The second-order valence-electron chi connectivity index (χ2n) is 4.83. The standard InChI is InChI=1S/C15H18N2O3/c1-10(7-14(18)19)9-17-15-13-8-12(20-2)4-3-11(13)5-6-16-15/h3-6,8,10H,7,9H2,1-2H3,(H,16,17)(H,18,19). The van der Waals surface area contributed by atoms with Crippen LogP contribution in [0.2, 0.25) is 0 Å². The van der Waals surface area contributed by atoms with Gasteiger partial charge in [-0.05, 0) is 29.5 Å². The van der Waals surface area contributed by atoms with Gasteiger partial charge in [0.1, 0.15) is 11.6 Å². The highest BCUT2D eigenvalue weighted by atomic mass is 16.5. The van der Waals surface area contributed by atoms with Crippen LogP contribution in [-0.2, 0) is 4.79 Å². The largest absolute Gasteiger partial charge is 0.497 e. The molecule has 5 heteroatoms. The van der Waals surface area contributed by atoms with Crippen LogP contribution in [0.1, 0.15) is 13.3 Å². The van der Waals surface area contributed by atoms with E-state index in [4.69, 9.17) is 9.84 Å². The van der Waals surface area contributed by atoms with E-state index in [1.54, 1.807) is 13.3 Å². The molecule has 20 heavy (non-hydrogen) atoms. The van der Waals surface area contributed by atoms with Crippen LogP contribution in [0, 0.1) is 5.92 Å². The van der Waals surface area contributed by atoms with Crippen LogP contribution in [0.25, 0.3) is 10.8 Å². The average Bonchev–Trinajstić information content (AvgIpc) is 2.43. The number of methoxy groups -OCH3 is 1. The first kappa shape index (κ1) is 14.1. The Bertz CT molecular complexity index is 613. The first-order chi connectivity index (χ1) is 9.60. The van der Waals surface area contributed by atoms with Crippen molar-refractivity contribution in [3.63, 3.8) is 0 Å². The third-order valence-corrected chi connectivity index (χ3v) is 3.11. The van der Waals surface area contributed by atoms with Crippen LogP contribution in [0.3, 0.4) is 0 Å². The molecular formula is C15H18N2O3. The van der Waals surface area contributed by atoms with Gasteiger partial charge in [0, 0.05) is 24.5 Å². The minimum Gasteiger partial charge on any atom is -0.497 e. The molecule has 0 amide bonds. The molecule has 1 heterocycles. The van der Waals surface area contributed by atoms with Crippen LogP contribution in [-0.4, -0.2) is 29.7 Å². The summed E-state index contributed by atoms with van der Waals surface area (Å²) in [6.45, 7) is 2.46. The molecule has 5 nitrogen and oxygen atoms in total. The molecule has 0 saturated heterocycles. The van der Waals surface area contributed by atoms with Crippen molar-refractivity contribution in [2.45, 2.75) is 13.3 Å². The van der Waals surface area contributed by atoms with Gasteiger partial charge in [-0.15, -0.1) is 0 Å². The summed E-state index contributed by atoms with van der Waals surface area (Å²) >= 11 is 0. The number of carbonyl (C=O) groups is 1. The Kier molecular flexibility index (Phi) is 4.40. The molecule has 0 aliphatic heterocycles. The molecule has 0 spiro atoms. The second kappa shape index (κ2) is 6.23. The molecule has 2 rings (SSSR count). The van der Waals surface area contributed by atoms with Crippen molar-refractivity contribution in [1.82, 2.24) is 4.98 Å². The van der Waals surface area contributed by atoms with Crippen molar-refractivity contribution < 1.29 is 14.6 Å². The molecule has 1 atom stereocenters. The molecule has 2 N–H and O–H groups in total. The fourth-order valence-corrected chi connectivity index (χ4v) is 2.06. The molecule has 106 valence electrons. The SMILES string of the molecule is COc1ccc2ccnc(NCC(C)CC(=O)O)c2c1. The Morgan fingerprint density at radius 3 is 2.95 bits per heavy atom. The Labute approximate surface area is 117 Å². The number of ether oxygens (including phenoxy) is 1. The van der Waals surface area contributed by atoms with E-state index >= 15 is 0 Å². The van der Waals surface area contributed by atoms with Gasteiger partial charge in [0.05, 0.1) is 7.11 Å². The predicted molar refractivity (Wildman–Crippen MR) is 78.2 cm³/mol. The predicted octanol–water partition coefficient (Wildman–Crippen LogP) is 2.77. The molecule has 2 aromatic rings. The zero-order valence-corrected chi connectivity index (χ0v) is 11.6. The van der Waals surface area contributed by atoms with Gasteiger partial charge < -0.3 is 15.2 Å². The van der Waals surface area contributed by atoms with Crippen LogP contribution < -0.4 is 10.1 Å². The molecule has 0 saturated carbocycles. The molecule has 0 fully saturated rings. The fraction of sp³-hybridized carbons (Fsp3) is 0.333. The number of pyridine rings is 1. The van der Waals surface area contributed by atoms with E-state index in [1.165, 1.54) is 0 Å². The van der Waals surface area contributed by atoms with Gasteiger partial charge in [0.25, 0.3) is 0 Å². The van der Waals surface area contributed by atoms with Crippen molar-refractivity contribution in [2.24, 2.45) is 5.92 Å². The summed E-state index contributed by atoms with van der Waals surface area (Å²) in [5, 5.41) is 14.0. The third kappa shape index (κ3) is 3.38. The van der Waals surface area contributed by atoms with Crippen molar-refractivity contribution in [1.29, 1.82) is 0 Å². The molecule has 0 aliphatic carbocycles. The number of rotatable bonds is 6. The first-order valence-electron chi connectivity index (χ1n) is 6.48. The molecule has 0 radical (unpaired) electrons. The fourth-order valence-electron chi connectivity index (χ4n) is 2.06. The summed E-state index contributed by atoms with van der Waals surface area (Å²) in [6.07, 6.45) is 1.88. The summed E-state index contributed by atoms with van der Waals surface area (Å²) < 4.78 is 5.22. The highest BCUT2D eigenvalue weighted by Gasteiger charge is 2.09. The number of fused-ring (bicyclic) bond motifs is 1. The highest BCUT2D eigenvalue weighted by Crippen LogP contribution is 2.25. The van der Waals surface area contributed by atoms with Gasteiger partial charge in [-0.2, -0.15) is 0 Å². The highest BCUT2D eigenvalue weighted by molar-refractivity contribution is 5.92. The number of hydrogen-bond acceptors (Lipinski definition) is 4. The number of nitrogens with one attached hydrogen (secondary N) is 1. The zero-order chi connectivity index (χ0) is 14.5. The maximum Gasteiger partial charge on any atom is 0.303 e. The van der Waals surface area contributed by atoms with Crippen molar-refractivity contribution in [2.75, 3.05) is 19.0 Å². The molecule has 0 aliphatic rings. The number of carboxylic acid groups (broad SMARTS) is 1. The summed E-state index contributed by atoms with van der Waals surface area (Å²) in [5.74, 6) is 0.771. The van der Waals surface area contributed by atoms with E-state index in [9.17, 15) is 4.79 Å². The van der Waals surface area contributed by atoms with Gasteiger partial charge in [0.15, 0.2) is 0 Å². The minimum atomic E-state index is -0.785. The van der Waals surface area contributed by atoms with Crippen LogP contribution in [0.4, 0.5) is 5.82 Å². The van der Waals surface area contributed by atoms with Gasteiger partial charge in [-0.25, -0.2) is 4.98 Å². The summed E-state index contributed by atoms with van der Waals surface area (Å²) in [5.41, 5.74) is 0. The van der Waals surface area contributed by atoms with E-state index in [0.29, 0.717) is 6.54 Å². The molecule has 1 aromatic heterocycles. The Morgan fingerprint density at radius 1 is 1.45 bits per heavy atom. The number of anilines is 1. The Morgan fingerprint density at radius 2 is 2.25 bits per heavy atom. The molecule has 1 unspecified atom stereocenters. The lowest BCUT2D eigenvalue weighted by Gasteiger charge is -2.13. The molecule has 1 aromatic carbocycles. The third-order valence-electron chi connectivity index (χ3n) is 3.11. The number of carboxylic acids is 1. The summed E-state index contributed by atoms with van der Waals surface area (Å²) in [7, 11) is 1.62. The minimum absolute atomic E-state index is 0.0372. The number of benzene rings is 1. The first-order valence-corrected chi connectivity index (χ1v) is 6.48. The monoisotopic (exact) mass is 274 g/mol. The van der Waals surface area contributed by atoms with Crippen molar-refractivity contribution >= 4 is 22.6 Å². The van der Waals surface area contributed by atoms with E-state index in [-0.39, 0.29) is 12.3 Å². The van der Waals surface area contributed by atoms with Crippen LogP contribution >= 0.6 is 0 Å². The smallest absolute Gasteiger partial charge is 0.303 e. The Balaban J connectivity index is 2.18. The van der Waals surface area contributed by atoms with E-state index in [0.717, 1.165) is 22.3 Å². The van der Waals surface area contributed by atoms with Gasteiger partial charge in [-0.3, -0.25) is 4.79 Å². The van der Waals surface area contributed by atoms with Crippen LogP contribution in [0.15, 0.2) is 30.5 Å². The van der Waals surface area contributed by atoms with Gasteiger partial charge in [0.2, 0.25) is 0 Å². The summed E-state index contributed by atoms with van der Waals surface area (Å²) in [4.78, 5) is 15.0. The lowest BCUT2D eigenvalue weighted by atomic mass is 10.1. The topological polar surface area (TPSA) is 71.5 Å². The van der Waals surface area contributed by atoms with Crippen molar-refractivity contribution in [3.8, 4) is 5.75 Å². The number of aromatic nitrogens is 1. The second-order valence-corrected chi connectivity index (χ2v) is 4.83. The van der Waals surface area contributed by atoms with E-state index in [2.05, 4.69) is 10.3 Å². The maximum absolute atomic E-state index is 10.7. The zero-order valence-electron chi connectivity index (χ0n) is 11.6. The lowest BCUT2D eigenvalue weighted by Crippen LogP contribution is -2.15. The van der Waals surface area contributed by atoms with E-state index < -0.39 is 5.97 Å². The average molecular weight is 274 g/mol. The lowest BCUT2D eigenvalue weighted by molar-refractivity contribution is -0.137. The van der Waals surface area contributed by atoms with E-state index in [1.807, 2.05) is 31.2 Å². The molecule has 0 bridgehead atoms. The molecular weight excluding hydrogens is 256 g/mol. The van der Waals surface area contributed by atoms with Crippen molar-refractivity contribution in [3.05, 3.63) is 30.5 Å². The normalized spacial score (nSPS) is 12.1.